The van der Waals surface area contributed by atoms with Crippen LogP contribution < -0.4 is 15.5 Å². The van der Waals surface area contributed by atoms with Crippen LogP contribution in [0.4, 0.5) is 16.2 Å². The lowest BCUT2D eigenvalue weighted by molar-refractivity contribution is -0.122. The van der Waals surface area contributed by atoms with E-state index in [1.54, 1.807) is 41.1 Å². The fourth-order valence-corrected chi connectivity index (χ4v) is 4.24. The average Bonchev–Trinajstić information content (AvgIpc) is 3.19. The Labute approximate surface area is 210 Å². The van der Waals surface area contributed by atoms with Gasteiger partial charge in [0, 0.05) is 33.4 Å². The first-order chi connectivity index (χ1) is 17.4. The van der Waals surface area contributed by atoms with Crippen LogP contribution in [0.3, 0.4) is 0 Å². The lowest BCUT2D eigenvalue weighted by Gasteiger charge is -2.26. The zero-order valence-electron chi connectivity index (χ0n) is 18.8. The SMILES string of the molecule is O=C(Cn1cc(/C=C2\C(=O)NC(=O)N(c3cccc(Cl)c3)C2=O)c2ccccc21)Nc1ccccc1. The van der Waals surface area contributed by atoms with Crippen LogP contribution in [0, 0.1) is 0 Å². The predicted octanol–water partition coefficient (Wildman–Crippen LogP) is 4.60. The molecule has 1 aliphatic rings. The van der Waals surface area contributed by atoms with Gasteiger partial charge in [0.1, 0.15) is 12.1 Å². The molecule has 4 aromatic rings. The van der Waals surface area contributed by atoms with Crippen molar-refractivity contribution in [1.82, 2.24) is 9.88 Å². The van der Waals surface area contributed by atoms with Gasteiger partial charge in [0.15, 0.2) is 0 Å². The van der Waals surface area contributed by atoms with Gasteiger partial charge in [-0.15, -0.1) is 0 Å². The number of aromatic nitrogens is 1. The number of amides is 5. The molecule has 0 saturated carbocycles. The second kappa shape index (κ2) is 9.52. The Hall–Kier alpha value is -4.69. The van der Waals surface area contributed by atoms with E-state index in [-0.39, 0.29) is 23.7 Å². The summed E-state index contributed by atoms with van der Waals surface area (Å²) in [7, 11) is 0. The second-order valence-corrected chi connectivity index (χ2v) is 8.52. The molecular formula is C27H19ClN4O4. The standard InChI is InChI=1S/C27H19ClN4O4/c28-18-7-6-10-20(14-18)32-26(35)22(25(34)30-27(32)36)13-17-15-31(23-12-5-4-11-21(17)23)16-24(33)29-19-8-2-1-3-9-19/h1-15H,16H2,(H,29,33)(H,30,34,36)/b22-13+. The lowest BCUT2D eigenvalue weighted by Crippen LogP contribution is -2.54. The third-order valence-corrected chi connectivity index (χ3v) is 5.89. The number of halogens is 1. The van der Waals surface area contributed by atoms with Gasteiger partial charge in [-0.25, -0.2) is 9.69 Å². The van der Waals surface area contributed by atoms with Gasteiger partial charge in [-0.1, -0.05) is 54.1 Å². The minimum absolute atomic E-state index is 0.0197. The third kappa shape index (κ3) is 4.49. The molecule has 0 unspecified atom stereocenters. The molecule has 0 aliphatic carbocycles. The summed E-state index contributed by atoms with van der Waals surface area (Å²) < 4.78 is 1.74. The van der Waals surface area contributed by atoms with Crippen LogP contribution in [-0.2, 0) is 20.9 Å². The number of para-hydroxylation sites is 2. The molecule has 3 aromatic carbocycles. The number of hydrogen-bond acceptors (Lipinski definition) is 4. The van der Waals surface area contributed by atoms with E-state index in [1.165, 1.54) is 12.1 Å². The second-order valence-electron chi connectivity index (χ2n) is 8.08. The molecule has 1 fully saturated rings. The maximum atomic E-state index is 13.2. The van der Waals surface area contributed by atoms with Crippen LogP contribution in [0.1, 0.15) is 5.56 Å². The topological polar surface area (TPSA) is 101 Å². The molecule has 178 valence electrons. The molecule has 0 atom stereocenters. The highest BCUT2D eigenvalue weighted by Crippen LogP contribution is 2.27. The first-order valence-electron chi connectivity index (χ1n) is 11.0. The Morgan fingerprint density at radius 2 is 1.69 bits per heavy atom. The summed E-state index contributed by atoms with van der Waals surface area (Å²) in [5.41, 5.74) is 2.00. The van der Waals surface area contributed by atoms with Gasteiger partial charge in [0.2, 0.25) is 5.91 Å². The highest BCUT2D eigenvalue weighted by atomic mass is 35.5. The largest absolute Gasteiger partial charge is 0.337 e. The summed E-state index contributed by atoms with van der Waals surface area (Å²) in [6, 6.07) is 21.8. The number of imide groups is 2. The summed E-state index contributed by atoms with van der Waals surface area (Å²) in [6.07, 6.45) is 3.12. The van der Waals surface area contributed by atoms with Gasteiger partial charge in [-0.3, -0.25) is 19.7 Å². The molecule has 2 heterocycles. The monoisotopic (exact) mass is 498 g/mol. The van der Waals surface area contributed by atoms with E-state index in [0.717, 1.165) is 15.8 Å². The molecule has 0 bridgehead atoms. The molecule has 0 radical (unpaired) electrons. The predicted molar refractivity (Wildman–Crippen MR) is 137 cm³/mol. The molecule has 36 heavy (non-hydrogen) atoms. The van der Waals surface area contributed by atoms with Crippen LogP contribution in [0.2, 0.25) is 5.02 Å². The zero-order valence-corrected chi connectivity index (χ0v) is 19.5. The van der Waals surface area contributed by atoms with Gasteiger partial charge in [0.25, 0.3) is 11.8 Å². The van der Waals surface area contributed by atoms with Gasteiger partial charge >= 0.3 is 6.03 Å². The molecule has 8 nitrogen and oxygen atoms in total. The maximum Gasteiger partial charge on any atom is 0.335 e. The van der Waals surface area contributed by atoms with Crippen molar-refractivity contribution >= 4 is 63.7 Å². The van der Waals surface area contributed by atoms with Gasteiger partial charge in [0.05, 0.1) is 5.69 Å². The highest BCUT2D eigenvalue weighted by Gasteiger charge is 2.37. The summed E-state index contributed by atoms with van der Waals surface area (Å²) >= 11 is 6.03. The van der Waals surface area contributed by atoms with E-state index >= 15 is 0 Å². The van der Waals surface area contributed by atoms with Crippen molar-refractivity contribution in [3.8, 4) is 0 Å². The van der Waals surface area contributed by atoms with E-state index < -0.39 is 17.8 Å². The summed E-state index contributed by atoms with van der Waals surface area (Å²) in [4.78, 5) is 51.9. The van der Waals surface area contributed by atoms with E-state index in [1.807, 2.05) is 42.5 Å². The van der Waals surface area contributed by atoms with Crippen LogP contribution in [-0.4, -0.2) is 28.3 Å². The maximum absolute atomic E-state index is 13.2. The molecule has 5 amide bonds. The molecule has 1 saturated heterocycles. The Bertz CT molecular complexity index is 1560. The van der Waals surface area contributed by atoms with Crippen LogP contribution in [0.15, 0.2) is 90.6 Å². The quantitative estimate of drug-likeness (QED) is 0.310. The zero-order chi connectivity index (χ0) is 25.2. The summed E-state index contributed by atoms with van der Waals surface area (Å²) in [5.74, 6) is -1.81. The average molecular weight is 499 g/mol. The van der Waals surface area contributed by atoms with Crippen molar-refractivity contribution in [2.75, 3.05) is 10.2 Å². The number of nitrogens with zero attached hydrogens (tertiary/aromatic N) is 2. The van der Waals surface area contributed by atoms with Crippen molar-refractivity contribution in [3.05, 3.63) is 101 Å². The minimum Gasteiger partial charge on any atom is -0.337 e. The van der Waals surface area contributed by atoms with Gasteiger partial charge < -0.3 is 9.88 Å². The molecule has 0 spiro atoms. The van der Waals surface area contributed by atoms with E-state index in [2.05, 4.69) is 10.6 Å². The van der Waals surface area contributed by atoms with Crippen molar-refractivity contribution in [2.45, 2.75) is 6.54 Å². The van der Waals surface area contributed by atoms with Gasteiger partial charge in [-0.2, -0.15) is 0 Å². The fraction of sp³-hybridized carbons (Fsp3) is 0.0370. The molecule has 1 aliphatic heterocycles. The number of urea groups is 1. The number of anilines is 2. The first-order valence-corrected chi connectivity index (χ1v) is 11.4. The van der Waals surface area contributed by atoms with E-state index in [0.29, 0.717) is 16.3 Å². The number of benzene rings is 3. The Balaban J connectivity index is 1.49. The van der Waals surface area contributed by atoms with Crippen molar-refractivity contribution in [2.24, 2.45) is 0 Å². The number of nitrogens with one attached hydrogen (secondary N) is 2. The number of barbiturate groups is 1. The summed E-state index contributed by atoms with van der Waals surface area (Å²) in [5, 5.41) is 6.13. The van der Waals surface area contributed by atoms with Crippen LogP contribution in [0.5, 0.6) is 0 Å². The Kier molecular flexibility index (Phi) is 6.10. The highest BCUT2D eigenvalue weighted by molar-refractivity contribution is 6.39. The molecule has 1 aromatic heterocycles. The number of carbonyl (C=O) groups excluding carboxylic acids is 4. The Morgan fingerprint density at radius 1 is 0.944 bits per heavy atom. The third-order valence-electron chi connectivity index (χ3n) is 5.66. The van der Waals surface area contributed by atoms with Crippen LogP contribution in [0.25, 0.3) is 17.0 Å². The molecule has 5 rings (SSSR count). The number of fused-ring (bicyclic) bond motifs is 1. The Morgan fingerprint density at radius 3 is 2.47 bits per heavy atom. The minimum atomic E-state index is -0.857. The smallest absolute Gasteiger partial charge is 0.335 e. The number of carbonyl (C=O) groups is 4. The number of hydrogen-bond donors (Lipinski definition) is 2. The number of rotatable bonds is 5. The first kappa shape index (κ1) is 23.1. The van der Waals surface area contributed by atoms with E-state index in [4.69, 9.17) is 11.6 Å². The summed E-state index contributed by atoms with van der Waals surface area (Å²) in [6.45, 7) is 0.0197. The normalized spacial score (nSPS) is 14.9. The fourth-order valence-electron chi connectivity index (χ4n) is 4.06. The molecular weight excluding hydrogens is 480 g/mol. The van der Waals surface area contributed by atoms with E-state index in [9.17, 15) is 19.2 Å². The lowest BCUT2D eigenvalue weighted by atomic mass is 10.1. The molecule has 9 heteroatoms. The van der Waals surface area contributed by atoms with Crippen molar-refractivity contribution < 1.29 is 19.2 Å². The van der Waals surface area contributed by atoms with Crippen LogP contribution >= 0.6 is 11.6 Å². The van der Waals surface area contributed by atoms with Gasteiger partial charge in [-0.05, 0) is 42.5 Å². The molecule has 2 N–H and O–H groups in total. The van der Waals surface area contributed by atoms with Crippen molar-refractivity contribution in [1.29, 1.82) is 0 Å². The van der Waals surface area contributed by atoms with Crippen molar-refractivity contribution in [3.63, 3.8) is 0 Å².